The van der Waals surface area contributed by atoms with E-state index in [1.54, 1.807) is 0 Å². The molecule has 1 aliphatic rings. The van der Waals surface area contributed by atoms with Crippen LogP contribution in [0.5, 0.6) is 0 Å². The molecule has 0 atom stereocenters. The van der Waals surface area contributed by atoms with Crippen molar-refractivity contribution in [3.8, 4) is 0 Å². The topological polar surface area (TPSA) is 24.1 Å². The highest BCUT2D eigenvalue weighted by atomic mass is 32.2. The molecule has 96 valence electrons. The molecule has 0 spiro atoms. The van der Waals surface area contributed by atoms with Gasteiger partial charge in [-0.1, -0.05) is 0 Å². The van der Waals surface area contributed by atoms with E-state index in [1.165, 1.54) is 37.3 Å². The van der Waals surface area contributed by atoms with E-state index in [2.05, 4.69) is 43.2 Å². The number of hydrogen-bond acceptors (Lipinski definition) is 3. The monoisotopic (exact) mass is 244 g/mol. The van der Waals surface area contributed by atoms with Crippen molar-refractivity contribution in [1.82, 2.24) is 10.6 Å². The first-order valence-corrected chi connectivity index (χ1v) is 7.77. The third-order valence-electron chi connectivity index (χ3n) is 3.03. The summed E-state index contributed by atoms with van der Waals surface area (Å²) in [4.78, 5) is 0. The summed E-state index contributed by atoms with van der Waals surface area (Å²) in [6.45, 7) is 10.0. The van der Waals surface area contributed by atoms with Gasteiger partial charge in [0.25, 0.3) is 0 Å². The van der Waals surface area contributed by atoms with Gasteiger partial charge in [-0.2, -0.15) is 11.8 Å². The van der Waals surface area contributed by atoms with Crippen LogP contribution in [-0.4, -0.2) is 36.7 Å². The number of hydrogen-bond donors (Lipinski definition) is 2. The third-order valence-corrected chi connectivity index (χ3v) is 4.08. The largest absolute Gasteiger partial charge is 0.315 e. The molecule has 3 heteroatoms. The summed E-state index contributed by atoms with van der Waals surface area (Å²) in [6.07, 6.45) is 4.25. The van der Waals surface area contributed by atoms with Crippen molar-refractivity contribution >= 4 is 11.8 Å². The normalized spacial score (nSPS) is 18.9. The molecule has 1 rings (SSSR count). The maximum Gasteiger partial charge on any atom is 0.00970 e. The third kappa shape index (κ3) is 7.53. The average Bonchev–Trinajstić information content (AvgIpc) is 2.23. The van der Waals surface area contributed by atoms with Crippen molar-refractivity contribution in [1.29, 1.82) is 0 Å². The van der Waals surface area contributed by atoms with Crippen LogP contribution in [0, 0.1) is 5.92 Å². The maximum absolute atomic E-state index is 3.54. The van der Waals surface area contributed by atoms with Gasteiger partial charge in [0.05, 0.1) is 0 Å². The van der Waals surface area contributed by atoms with Gasteiger partial charge in [0, 0.05) is 18.6 Å². The second kappa shape index (κ2) is 7.57. The maximum atomic E-state index is 3.54. The minimum absolute atomic E-state index is 0.252. The summed E-state index contributed by atoms with van der Waals surface area (Å²) in [6, 6.07) is 0. The van der Waals surface area contributed by atoms with Gasteiger partial charge in [-0.05, 0) is 64.0 Å². The van der Waals surface area contributed by atoms with E-state index in [4.69, 9.17) is 0 Å². The first kappa shape index (κ1) is 14.3. The van der Waals surface area contributed by atoms with Gasteiger partial charge in [0.1, 0.15) is 0 Å². The zero-order chi connectivity index (χ0) is 11.9. The molecule has 0 saturated carbocycles. The minimum Gasteiger partial charge on any atom is -0.315 e. The second-order valence-corrected chi connectivity index (χ2v) is 7.00. The summed E-state index contributed by atoms with van der Waals surface area (Å²) in [5.41, 5.74) is 0.252. The van der Waals surface area contributed by atoms with Crippen molar-refractivity contribution in [2.75, 3.05) is 31.1 Å². The Kier molecular flexibility index (Phi) is 6.78. The molecule has 0 unspecified atom stereocenters. The molecule has 0 aromatic rings. The molecular formula is C13H28N2S. The lowest BCUT2D eigenvalue weighted by Gasteiger charge is -2.22. The molecule has 16 heavy (non-hydrogen) atoms. The first-order valence-electron chi connectivity index (χ1n) is 6.61. The standard InChI is InChI=1S/C13H28N2S/c1-13(2,3)15-9-8-14-7-4-12-5-10-16-11-6-12/h12,14-15H,4-11H2,1-3H3. The molecular weight excluding hydrogens is 216 g/mol. The van der Waals surface area contributed by atoms with Crippen LogP contribution in [-0.2, 0) is 0 Å². The van der Waals surface area contributed by atoms with Crippen LogP contribution in [0.2, 0.25) is 0 Å². The lowest BCUT2D eigenvalue weighted by Crippen LogP contribution is -2.40. The summed E-state index contributed by atoms with van der Waals surface area (Å²) < 4.78 is 0. The molecule has 0 bridgehead atoms. The van der Waals surface area contributed by atoms with E-state index < -0.39 is 0 Å². The predicted molar refractivity (Wildman–Crippen MR) is 75.3 cm³/mol. The molecule has 0 radical (unpaired) electrons. The highest BCUT2D eigenvalue weighted by Gasteiger charge is 2.12. The fourth-order valence-electron chi connectivity index (χ4n) is 1.99. The van der Waals surface area contributed by atoms with Crippen LogP contribution in [0.3, 0.4) is 0 Å². The summed E-state index contributed by atoms with van der Waals surface area (Å²) in [5.74, 6) is 3.76. The fraction of sp³-hybridized carbons (Fsp3) is 1.00. The van der Waals surface area contributed by atoms with Crippen molar-refractivity contribution in [2.45, 2.75) is 45.6 Å². The summed E-state index contributed by atoms with van der Waals surface area (Å²) in [5, 5.41) is 7.03. The highest BCUT2D eigenvalue weighted by Crippen LogP contribution is 2.24. The van der Waals surface area contributed by atoms with Gasteiger partial charge in [-0.25, -0.2) is 0 Å². The zero-order valence-electron chi connectivity index (χ0n) is 11.1. The van der Waals surface area contributed by atoms with Gasteiger partial charge in [0.2, 0.25) is 0 Å². The molecule has 0 aliphatic carbocycles. The van der Waals surface area contributed by atoms with Gasteiger partial charge < -0.3 is 10.6 Å². The van der Waals surface area contributed by atoms with Crippen LogP contribution in [0.1, 0.15) is 40.0 Å². The lowest BCUT2D eigenvalue weighted by atomic mass is 9.99. The van der Waals surface area contributed by atoms with Crippen LogP contribution < -0.4 is 10.6 Å². The molecule has 0 amide bonds. The lowest BCUT2D eigenvalue weighted by molar-refractivity contribution is 0.406. The van der Waals surface area contributed by atoms with Gasteiger partial charge in [-0.15, -0.1) is 0 Å². The van der Waals surface area contributed by atoms with Crippen LogP contribution in [0.15, 0.2) is 0 Å². The molecule has 1 heterocycles. The van der Waals surface area contributed by atoms with E-state index >= 15 is 0 Å². The Bertz CT molecular complexity index is 171. The van der Waals surface area contributed by atoms with Crippen LogP contribution in [0.4, 0.5) is 0 Å². The highest BCUT2D eigenvalue weighted by molar-refractivity contribution is 7.99. The second-order valence-electron chi connectivity index (χ2n) is 5.77. The van der Waals surface area contributed by atoms with Crippen molar-refractivity contribution in [2.24, 2.45) is 5.92 Å². The summed E-state index contributed by atoms with van der Waals surface area (Å²) >= 11 is 2.12. The molecule has 2 nitrogen and oxygen atoms in total. The Labute approximate surface area is 105 Å². The summed E-state index contributed by atoms with van der Waals surface area (Å²) in [7, 11) is 0. The predicted octanol–water partition coefficient (Wildman–Crippen LogP) is 2.50. The van der Waals surface area contributed by atoms with Gasteiger partial charge >= 0.3 is 0 Å². The van der Waals surface area contributed by atoms with E-state index in [0.29, 0.717) is 0 Å². The minimum atomic E-state index is 0.252. The first-order chi connectivity index (χ1) is 7.58. The average molecular weight is 244 g/mol. The van der Waals surface area contributed by atoms with E-state index in [0.717, 1.165) is 19.0 Å². The van der Waals surface area contributed by atoms with E-state index in [-0.39, 0.29) is 5.54 Å². The Morgan fingerprint density at radius 2 is 1.75 bits per heavy atom. The SMILES string of the molecule is CC(C)(C)NCCNCCC1CCSCC1. The molecule has 2 N–H and O–H groups in total. The molecule has 0 aromatic carbocycles. The molecule has 0 aromatic heterocycles. The van der Waals surface area contributed by atoms with Crippen LogP contribution >= 0.6 is 11.8 Å². The van der Waals surface area contributed by atoms with Gasteiger partial charge in [-0.3, -0.25) is 0 Å². The Hall–Kier alpha value is 0.270. The van der Waals surface area contributed by atoms with Crippen molar-refractivity contribution < 1.29 is 0 Å². The molecule has 1 aliphatic heterocycles. The Balaban J connectivity index is 1.87. The molecule has 1 fully saturated rings. The number of nitrogens with one attached hydrogen (secondary N) is 2. The smallest absolute Gasteiger partial charge is 0.00970 e. The van der Waals surface area contributed by atoms with E-state index in [9.17, 15) is 0 Å². The number of thioether (sulfide) groups is 1. The van der Waals surface area contributed by atoms with Crippen molar-refractivity contribution in [3.05, 3.63) is 0 Å². The number of rotatable bonds is 6. The van der Waals surface area contributed by atoms with Crippen molar-refractivity contribution in [3.63, 3.8) is 0 Å². The Morgan fingerprint density at radius 1 is 1.06 bits per heavy atom. The quantitative estimate of drug-likeness (QED) is 0.702. The fourth-order valence-corrected chi connectivity index (χ4v) is 3.20. The molecule has 1 saturated heterocycles. The van der Waals surface area contributed by atoms with Gasteiger partial charge in [0.15, 0.2) is 0 Å². The zero-order valence-corrected chi connectivity index (χ0v) is 12.0. The Morgan fingerprint density at radius 3 is 2.38 bits per heavy atom. The van der Waals surface area contributed by atoms with E-state index in [1.807, 2.05) is 0 Å². The van der Waals surface area contributed by atoms with Crippen LogP contribution in [0.25, 0.3) is 0 Å².